The average Bonchev–Trinajstić information content (AvgIpc) is 2.10. The van der Waals surface area contributed by atoms with Crippen LogP contribution in [0.2, 0.25) is 0 Å². The van der Waals surface area contributed by atoms with Crippen LogP contribution in [-0.2, 0) is 11.2 Å². The van der Waals surface area contributed by atoms with Gasteiger partial charge in [0, 0.05) is 12.6 Å². The average molecular weight is 191 g/mol. The van der Waals surface area contributed by atoms with E-state index in [9.17, 15) is 4.79 Å². The molecule has 0 saturated heterocycles. The van der Waals surface area contributed by atoms with Crippen molar-refractivity contribution in [1.82, 2.24) is 0 Å². The summed E-state index contributed by atoms with van der Waals surface area (Å²) in [5, 5.41) is 2.86. The zero-order chi connectivity index (χ0) is 10.6. The topological polar surface area (TPSA) is 29.1 Å². The Labute approximate surface area is 85.3 Å². The van der Waals surface area contributed by atoms with E-state index in [1.807, 2.05) is 12.1 Å². The van der Waals surface area contributed by atoms with Crippen molar-refractivity contribution >= 4 is 11.6 Å². The maximum atomic E-state index is 11.0. The van der Waals surface area contributed by atoms with Crippen LogP contribution in [0.25, 0.3) is 0 Å². The quantitative estimate of drug-likeness (QED) is 0.782. The number of nitrogens with one attached hydrogen (secondary N) is 1. The van der Waals surface area contributed by atoms with E-state index < -0.39 is 0 Å². The van der Waals surface area contributed by atoms with Crippen molar-refractivity contribution in [3.63, 3.8) is 0 Å². The normalized spacial score (nSPS) is 9.93. The van der Waals surface area contributed by atoms with Gasteiger partial charge in [0.2, 0.25) is 5.91 Å². The van der Waals surface area contributed by atoms with Crippen molar-refractivity contribution < 1.29 is 4.79 Å². The first-order valence-corrected chi connectivity index (χ1v) is 5.01. The Morgan fingerprint density at radius 3 is 2.71 bits per heavy atom. The third-order valence-electron chi connectivity index (χ3n) is 2.22. The molecule has 0 aliphatic rings. The summed E-state index contributed by atoms with van der Waals surface area (Å²) in [4.78, 5) is 11.0. The Morgan fingerprint density at radius 1 is 1.43 bits per heavy atom. The number of benzene rings is 1. The van der Waals surface area contributed by atoms with Gasteiger partial charge in [-0.3, -0.25) is 4.79 Å². The Hall–Kier alpha value is -1.31. The molecule has 1 aromatic carbocycles. The van der Waals surface area contributed by atoms with Crippen LogP contribution in [0.5, 0.6) is 0 Å². The van der Waals surface area contributed by atoms with Crippen molar-refractivity contribution in [2.24, 2.45) is 0 Å². The highest BCUT2D eigenvalue weighted by molar-refractivity contribution is 5.89. The van der Waals surface area contributed by atoms with Gasteiger partial charge in [0.05, 0.1) is 0 Å². The first-order valence-electron chi connectivity index (χ1n) is 5.01. The molecule has 1 N–H and O–H groups in total. The predicted molar refractivity (Wildman–Crippen MR) is 59.5 cm³/mol. The van der Waals surface area contributed by atoms with E-state index in [0.717, 1.165) is 18.5 Å². The van der Waals surface area contributed by atoms with Crippen LogP contribution in [-0.4, -0.2) is 5.91 Å². The van der Waals surface area contributed by atoms with Gasteiger partial charge >= 0.3 is 0 Å². The third kappa shape index (κ3) is 2.59. The van der Waals surface area contributed by atoms with E-state index in [0.29, 0.717) is 0 Å². The predicted octanol–water partition coefficient (Wildman–Crippen LogP) is 2.91. The fraction of sp³-hybridized carbons (Fsp3) is 0.417. The summed E-state index contributed by atoms with van der Waals surface area (Å²) in [6.07, 6.45) is 2.11. The van der Waals surface area contributed by atoms with Crippen LogP contribution >= 0.6 is 0 Å². The molecule has 0 aromatic heterocycles. The van der Waals surface area contributed by atoms with Crippen molar-refractivity contribution in [2.75, 3.05) is 5.32 Å². The monoisotopic (exact) mass is 191 g/mol. The van der Waals surface area contributed by atoms with Gasteiger partial charge in [0.25, 0.3) is 0 Å². The molecular weight excluding hydrogens is 174 g/mol. The number of carbonyl (C=O) groups is 1. The number of hydrogen-bond donors (Lipinski definition) is 1. The molecule has 0 aliphatic heterocycles. The van der Waals surface area contributed by atoms with E-state index in [1.54, 1.807) is 0 Å². The lowest BCUT2D eigenvalue weighted by molar-refractivity contribution is -0.114. The summed E-state index contributed by atoms with van der Waals surface area (Å²) in [6.45, 7) is 5.76. The minimum atomic E-state index is -0.00652. The lowest BCUT2D eigenvalue weighted by Crippen LogP contribution is -2.08. The Bertz CT molecular complexity index is 331. The molecule has 0 saturated carbocycles. The number of amides is 1. The van der Waals surface area contributed by atoms with Gasteiger partial charge in [-0.25, -0.2) is 0 Å². The highest BCUT2D eigenvalue weighted by atomic mass is 16.1. The largest absolute Gasteiger partial charge is 0.326 e. The molecule has 0 heterocycles. The smallest absolute Gasteiger partial charge is 0.221 e. The molecule has 1 amide bonds. The van der Waals surface area contributed by atoms with E-state index in [-0.39, 0.29) is 5.91 Å². The number of anilines is 1. The third-order valence-corrected chi connectivity index (χ3v) is 2.22. The molecule has 0 atom stereocenters. The van der Waals surface area contributed by atoms with Gasteiger partial charge in [-0.05, 0) is 30.5 Å². The second-order valence-corrected chi connectivity index (χ2v) is 3.53. The second-order valence-electron chi connectivity index (χ2n) is 3.53. The van der Waals surface area contributed by atoms with Crippen molar-refractivity contribution in [1.29, 1.82) is 0 Å². The van der Waals surface area contributed by atoms with Crippen molar-refractivity contribution in [3.05, 3.63) is 29.3 Å². The molecule has 0 fully saturated rings. The molecule has 0 radical (unpaired) electrons. The number of aryl methyl sites for hydroxylation is 1. The molecule has 14 heavy (non-hydrogen) atoms. The van der Waals surface area contributed by atoms with Gasteiger partial charge < -0.3 is 5.32 Å². The summed E-state index contributed by atoms with van der Waals surface area (Å²) >= 11 is 0. The van der Waals surface area contributed by atoms with Crippen molar-refractivity contribution in [3.8, 4) is 0 Å². The SMILES string of the molecule is CCCc1c(C)cccc1NC(C)=O. The van der Waals surface area contributed by atoms with Crippen molar-refractivity contribution in [2.45, 2.75) is 33.6 Å². The van der Waals surface area contributed by atoms with Crippen LogP contribution in [0.3, 0.4) is 0 Å². The molecule has 0 spiro atoms. The lowest BCUT2D eigenvalue weighted by Gasteiger charge is -2.11. The molecule has 76 valence electrons. The van der Waals surface area contributed by atoms with Gasteiger partial charge in [-0.2, -0.15) is 0 Å². The first kappa shape index (κ1) is 10.8. The number of rotatable bonds is 3. The molecular formula is C12H17NO. The molecule has 1 rings (SSSR count). The van der Waals surface area contributed by atoms with E-state index in [4.69, 9.17) is 0 Å². The summed E-state index contributed by atoms with van der Waals surface area (Å²) in [5.41, 5.74) is 3.46. The minimum absolute atomic E-state index is 0.00652. The summed E-state index contributed by atoms with van der Waals surface area (Å²) in [7, 11) is 0. The summed E-state index contributed by atoms with van der Waals surface area (Å²) in [5.74, 6) is -0.00652. The van der Waals surface area contributed by atoms with Crippen LogP contribution in [0.15, 0.2) is 18.2 Å². The summed E-state index contributed by atoms with van der Waals surface area (Å²) < 4.78 is 0. The maximum Gasteiger partial charge on any atom is 0.221 e. The molecule has 0 bridgehead atoms. The van der Waals surface area contributed by atoms with Gasteiger partial charge in [-0.15, -0.1) is 0 Å². The second kappa shape index (κ2) is 4.80. The van der Waals surface area contributed by atoms with E-state index in [1.165, 1.54) is 18.1 Å². The van der Waals surface area contributed by atoms with Gasteiger partial charge in [0.15, 0.2) is 0 Å². The zero-order valence-corrected chi connectivity index (χ0v) is 9.05. The Balaban J connectivity index is 3.01. The zero-order valence-electron chi connectivity index (χ0n) is 9.05. The van der Waals surface area contributed by atoms with Gasteiger partial charge in [0.1, 0.15) is 0 Å². The van der Waals surface area contributed by atoms with Crippen LogP contribution in [0, 0.1) is 6.92 Å². The molecule has 2 heteroatoms. The van der Waals surface area contributed by atoms with E-state index in [2.05, 4.69) is 25.2 Å². The van der Waals surface area contributed by atoms with Crippen LogP contribution in [0.4, 0.5) is 5.69 Å². The molecule has 0 unspecified atom stereocenters. The number of hydrogen-bond acceptors (Lipinski definition) is 1. The standard InChI is InChI=1S/C12H17NO/c1-4-6-11-9(2)7-5-8-12(11)13-10(3)14/h5,7-8H,4,6H2,1-3H3,(H,13,14). The van der Waals surface area contributed by atoms with Gasteiger partial charge in [-0.1, -0.05) is 25.5 Å². The Kier molecular flexibility index (Phi) is 3.69. The van der Waals surface area contributed by atoms with Crippen LogP contribution in [0.1, 0.15) is 31.4 Å². The first-order chi connectivity index (χ1) is 6.65. The minimum Gasteiger partial charge on any atom is -0.326 e. The van der Waals surface area contributed by atoms with E-state index >= 15 is 0 Å². The summed E-state index contributed by atoms with van der Waals surface area (Å²) in [6, 6.07) is 6.01. The Morgan fingerprint density at radius 2 is 2.14 bits per heavy atom. The molecule has 1 aromatic rings. The van der Waals surface area contributed by atoms with Crippen LogP contribution < -0.4 is 5.32 Å². The molecule has 0 aliphatic carbocycles. The lowest BCUT2D eigenvalue weighted by atomic mass is 10.0. The highest BCUT2D eigenvalue weighted by Gasteiger charge is 2.05. The maximum absolute atomic E-state index is 11.0. The number of carbonyl (C=O) groups excluding carboxylic acids is 1. The highest BCUT2D eigenvalue weighted by Crippen LogP contribution is 2.20. The fourth-order valence-corrected chi connectivity index (χ4v) is 1.59. The fourth-order valence-electron chi connectivity index (χ4n) is 1.59. The molecule has 2 nitrogen and oxygen atoms in total.